The molecule has 0 bridgehead atoms. The molecule has 0 spiro atoms. The van der Waals surface area contributed by atoms with Gasteiger partial charge in [-0.1, -0.05) is 0 Å². The normalized spacial score (nSPS) is 19.1. The molecule has 5 heteroatoms. The van der Waals surface area contributed by atoms with Gasteiger partial charge in [0, 0.05) is 19.1 Å². The Hall–Kier alpha value is -1.26. The van der Waals surface area contributed by atoms with Gasteiger partial charge in [-0.05, 0) is 52.4 Å². The zero-order valence-corrected chi connectivity index (χ0v) is 12.1. The quantitative estimate of drug-likeness (QED) is 0.803. The lowest BCUT2D eigenvalue weighted by atomic mass is 10.0. The Kier molecular flexibility index (Phi) is 3.74. The van der Waals surface area contributed by atoms with Crippen LogP contribution in [-0.4, -0.2) is 51.6 Å². The number of carboxylic acids is 1. The van der Waals surface area contributed by atoms with E-state index in [4.69, 9.17) is 0 Å². The maximum Gasteiger partial charge on any atom is 0.329 e. The van der Waals surface area contributed by atoms with Crippen LogP contribution in [0.15, 0.2) is 0 Å². The molecule has 0 unspecified atom stereocenters. The van der Waals surface area contributed by atoms with E-state index in [1.165, 1.54) is 17.7 Å². The number of hydrogen-bond acceptors (Lipinski definition) is 2. The van der Waals surface area contributed by atoms with Gasteiger partial charge in [0.25, 0.3) is 0 Å². The van der Waals surface area contributed by atoms with Crippen molar-refractivity contribution in [2.45, 2.75) is 58.0 Å². The molecule has 108 valence electrons. The third-order valence-electron chi connectivity index (χ3n) is 4.13. The van der Waals surface area contributed by atoms with E-state index < -0.39 is 11.5 Å². The maximum atomic E-state index is 12.7. The van der Waals surface area contributed by atoms with Crippen molar-refractivity contribution < 1.29 is 14.7 Å². The van der Waals surface area contributed by atoms with Crippen LogP contribution in [-0.2, 0) is 4.79 Å². The van der Waals surface area contributed by atoms with Crippen LogP contribution >= 0.6 is 0 Å². The lowest BCUT2D eigenvalue weighted by Gasteiger charge is -2.38. The zero-order valence-electron chi connectivity index (χ0n) is 12.1. The van der Waals surface area contributed by atoms with Gasteiger partial charge in [-0.25, -0.2) is 9.59 Å². The largest absolute Gasteiger partial charge is 0.480 e. The number of carbonyl (C=O) groups excluding carboxylic acids is 1. The highest BCUT2D eigenvalue weighted by Crippen LogP contribution is 2.36. The van der Waals surface area contributed by atoms with E-state index >= 15 is 0 Å². The molecular formula is C14H24N2O3. The standard InChI is InChI=1S/C14H24N2O3/c1-4-16(14(2,3)12(17)18)13(19)15(11-7-8-11)9-10-5-6-10/h10-11H,4-9H2,1-3H3,(H,17,18). The first-order valence-corrected chi connectivity index (χ1v) is 7.19. The molecule has 0 aromatic rings. The molecule has 0 aromatic carbocycles. The fraction of sp³-hybridized carbons (Fsp3) is 0.857. The Bertz CT molecular complexity index is 373. The van der Waals surface area contributed by atoms with Crippen molar-refractivity contribution in [2.75, 3.05) is 13.1 Å². The number of carbonyl (C=O) groups is 2. The summed E-state index contributed by atoms with van der Waals surface area (Å²) < 4.78 is 0. The van der Waals surface area contributed by atoms with Crippen molar-refractivity contribution in [1.29, 1.82) is 0 Å². The summed E-state index contributed by atoms with van der Waals surface area (Å²) in [5.41, 5.74) is -1.15. The van der Waals surface area contributed by atoms with Crippen LogP contribution in [0.25, 0.3) is 0 Å². The summed E-state index contributed by atoms with van der Waals surface area (Å²) in [5, 5.41) is 9.31. The van der Waals surface area contributed by atoms with Gasteiger partial charge in [0.05, 0.1) is 0 Å². The van der Waals surface area contributed by atoms with Crippen molar-refractivity contribution in [3.63, 3.8) is 0 Å². The summed E-state index contributed by atoms with van der Waals surface area (Å²) in [7, 11) is 0. The first kappa shape index (κ1) is 14.2. The third kappa shape index (κ3) is 3.01. The zero-order chi connectivity index (χ0) is 14.2. The Morgan fingerprint density at radius 3 is 2.16 bits per heavy atom. The summed E-state index contributed by atoms with van der Waals surface area (Å²) in [6, 6.07) is 0.232. The minimum atomic E-state index is -1.15. The second-order valence-corrected chi connectivity index (χ2v) is 6.22. The number of rotatable bonds is 6. The van der Waals surface area contributed by atoms with Gasteiger partial charge >= 0.3 is 12.0 Å². The molecule has 5 nitrogen and oxygen atoms in total. The lowest BCUT2D eigenvalue weighted by Crippen LogP contribution is -2.57. The average Bonchev–Trinajstić information content (AvgIpc) is 3.19. The minimum Gasteiger partial charge on any atom is -0.480 e. The summed E-state index contributed by atoms with van der Waals surface area (Å²) in [6.07, 6.45) is 4.52. The molecular weight excluding hydrogens is 244 g/mol. The monoisotopic (exact) mass is 268 g/mol. The number of hydrogen-bond donors (Lipinski definition) is 1. The van der Waals surface area contributed by atoms with Gasteiger partial charge in [0.1, 0.15) is 5.54 Å². The van der Waals surface area contributed by atoms with E-state index in [2.05, 4.69) is 0 Å². The van der Waals surface area contributed by atoms with Crippen molar-refractivity contribution >= 4 is 12.0 Å². The highest BCUT2D eigenvalue weighted by atomic mass is 16.4. The van der Waals surface area contributed by atoms with E-state index in [9.17, 15) is 14.7 Å². The minimum absolute atomic E-state index is 0.107. The first-order chi connectivity index (χ1) is 8.87. The van der Waals surface area contributed by atoms with Crippen molar-refractivity contribution in [3.05, 3.63) is 0 Å². The van der Waals surface area contributed by atoms with Crippen LogP contribution in [0.4, 0.5) is 4.79 Å². The molecule has 0 aromatic heterocycles. The molecule has 19 heavy (non-hydrogen) atoms. The number of amides is 2. The predicted molar refractivity (Wildman–Crippen MR) is 71.9 cm³/mol. The van der Waals surface area contributed by atoms with Crippen molar-refractivity contribution in [2.24, 2.45) is 5.92 Å². The fourth-order valence-electron chi connectivity index (χ4n) is 2.39. The smallest absolute Gasteiger partial charge is 0.329 e. The molecule has 1 N–H and O–H groups in total. The number of likely N-dealkylation sites (N-methyl/N-ethyl adjacent to an activating group) is 1. The highest BCUT2D eigenvalue weighted by Gasteiger charge is 2.43. The molecule has 2 aliphatic carbocycles. The van der Waals surface area contributed by atoms with Crippen LogP contribution in [0.5, 0.6) is 0 Å². The molecule has 0 radical (unpaired) electrons. The molecule has 2 aliphatic rings. The Morgan fingerprint density at radius 2 is 1.79 bits per heavy atom. The number of carboxylic acid groups (broad SMARTS) is 1. The molecule has 0 saturated heterocycles. The Morgan fingerprint density at radius 1 is 1.21 bits per heavy atom. The fourth-order valence-corrected chi connectivity index (χ4v) is 2.39. The summed E-state index contributed by atoms with van der Waals surface area (Å²) in [4.78, 5) is 27.4. The second-order valence-electron chi connectivity index (χ2n) is 6.22. The number of nitrogens with zero attached hydrogens (tertiary/aromatic N) is 2. The molecule has 0 heterocycles. The molecule has 0 atom stereocenters. The van der Waals surface area contributed by atoms with E-state index in [-0.39, 0.29) is 6.03 Å². The van der Waals surface area contributed by atoms with Crippen molar-refractivity contribution in [1.82, 2.24) is 9.80 Å². The van der Waals surface area contributed by atoms with Crippen LogP contribution in [0, 0.1) is 5.92 Å². The highest BCUT2D eigenvalue weighted by molar-refractivity contribution is 5.85. The average molecular weight is 268 g/mol. The van der Waals surface area contributed by atoms with E-state index in [1.807, 2.05) is 11.8 Å². The number of aliphatic carboxylic acids is 1. The second kappa shape index (κ2) is 5.02. The summed E-state index contributed by atoms with van der Waals surface area (Å²) in [6.45, 7) is 6.25. The van der Waals surface area contributed by atoms with Gasteiger partial charge in [-0.3, -0.25) is 0 Å². The topological polar surface area (TPSA) is 60.9 Å². The van der Waals surface area contributed by atoms with E-state index in [0.29, 0.717) is 18.5 Å². The third-order valence-corrected chi connectivity index (χ3v) is 4.13. The van der Waals surface area contributed by atoms with Gasteiger partial charge in [-0.2, -0.15) is 0 Å². The number of urea groups is 1. The van der Waals surface area contributed by atoms with Crippen LogP contribution < -0.4 is 0 Å². The van der Waals surface area contributed by atoms with Crippen molar-refractivity contribution in [3.8, 4) is 0 Å². The Balaban J connectivity index is 2.10. The Labute approximate surface area is 114 Å². The molecule has 2 fully saturated rings. The van der Waals surface area contributed by atoms with Crippen LogP contribution in [0.1, 0.15) is 46.5 Å². The molecule has 0 aliphatic heterocycles. The molecule has 2 saturated carbocycles. The first-order valence-electron chi connectivity index (χ1n) is 7.19. The van der Waals surface area contributed by atoms with E-state index in [0.717, 1.165) is 19.4 Å². The van der Waals surface area contributed by atoms with Gasteiger partial charge in [0.2, 0.25) is 0 Å². The van der Waals surface area contributed by atoms with Gasteiger partial charge in [-0.15, -0.1) is 0 Å². The predicted octanol–water partition coefficient (Wildman–Crippen LogP) is 2.17. The van der Waals surface area contributed by atoms with Crippen LogP contribution in [0.2, 0.25) is 0 Å². The van der Waals surface area contributed by atoms with Gasteiger partial charge in [0.15, 0.2) is 0 Å². The summed E-state index contributed by atoms with van der Waals surface area (Å²) in [5.74, 6) is -0.318. The van der Waals surface area contributed by atoms with Gasteiger partial charge < -0.3 is 14.9 Å². The summed E-state index contributed by atoms with van der Waals surface area (Å²) >= 11 is 0. The molecule has 2 rings (SSSR count). The SMILES string of the molecule is CCN(C(=O)N(CC1CC1)C1CC1)C(C)(C)C(=O)O. The van der Waals surface area contributed by atoms with Crippen LogP contribution in [0.3, 0.4) is 0 Å². The lowest BCUT2D eigenvalue weighted by molar-refractivity contribution is -0.147. The maximum absolute atomic E-state index is 12.7. The van der Waals surface area contributed by atoms with E-state index in [1.54, 1.807) is 13.8 Å². The molecule has 2 amide bonds.